The topological polar surface area (TPSA) is 20.3 Å². The van der Waals surface area contributed by atoms with Crippen LogP contribution in [0.2, 0.25) is 0 Å². The number of rotatable bonds is 4. The van der Waals surface area contributed by atoms with Crippen LogP contribution in [0.25, 0.3) is 0 Å². The zero-order chi connectivity index (χ0) is 12.1. The Morgan fingerprint density at radius 1 is 1.31 bits per heavy atom. The number of amides is 1. The molecule has 0 spiro atoms. The van der Waals surface area contributed by atoms with Crippen LogP contribution in [0.5, 0.6) is 0 Å². The fourth-order valence-corrected chi connectivity index (χ4v) is 1.93. The van der Waals surface area contributed by atoms with Crippen molar-refractivity contribution in [3.63, 3.8) is 0 Å². The van der Waals surface area contributed by atoms with E-state index >= 15 is 0 Å². The van der Waals surface area contributed by atoms with E-state index in [9.17, 15) is 4.79 Å². The molecular weight excluding hydrogens is 218 g/mol. The molecule has 0 unspecified atom stereocenters. The third-order valence-corrected chi connectivity index (χ3v) is 3.19. The Hall–Kier alpha value is -0.960. The van der Waals surface area contributed by atoms with Crippen molar-refractivity contribution >= 4 is 17.7 Å². The molecule has 1 aromatic carbocycles. The molecule has 0 fully saturated rings. The normalized spacial score (nSPS) is 10.6. The van der Waals surface area contributed by atoms with Gasteiger partial charge in [-0.3, -0.25) is 4.79 Å². The quantitative estimate of drug-likeness (QED) is 0.750. The number of benzene rings is 1. The molecule has 0 saturated heterocycles. The van der Waals surface area contributed by atoms with Gasteiger partial charge in [0, 0.05) is 24.4 Å². The Morgan fingerprint density at radius 3 is 2.31 bits per heavy atom. The summed E-state index contributed by atoms with van der Waals surface area (Å²) in [6, 6.07) is 8.34. The van der Waals surface area contributed by atoms with E-state index in [4.69, 9.17) is 0 Å². The molecular formula is C13H19NOS. The number of hydrogen-bond donors (Lipinski definition) is 0. The average Bonchev–Trinajstić information content (AvgIpc) is 2.28. The fraction of sp³-hybridized carbons (Fsp3) is 0.462. The predicted octanol–water partition coefficient (Wildman–Crippen LogP) is 3.02. The van der Waals surface area contributed by atoms with Crippen LogP contribution in [0.4, 0.5) is 0 Å². The van der Waals surface area contributed by atoms with Gasteiger partial charge in [0.1, 0.15) is 0 Å². The summed E-state index contributed by atoms with van der Waals surface area (Å²) in [5, 5.41) is 0. The second kappa shape index (κ2) is 5.94. The first-order valence-electron chi connectivity index (χ1n) is 5.42. The first-order chi connectivity index (χ1) is 7.54. The van der Waals surface area contributed by atoms with E-state index in [1.165, 1.54) is 10.5 Å². The molecule has 0 saturated carbocycles. The van der Waals surface area contributed by atoms with E-state index < -0.39 is 0 Å². The summed E-state index contributed by atoms with van der Waals surface area (Å²) in [4.78, 5) is 14.7. The molecule has 0 atom stereocenters. The molecule has 1 rings (SSSR count). The van der Waals surface area contributed by atoms with E-state index in [-0.39, 0.29) is 11.8 Å². The monoisotopic (exact) mass is 237 g/mol. The summed E-state index contributed by atoms with van der Waals surface area (Å²) in [6.07, 6.45) is 2.06. The Balaban J connectivity index is 2.62. The SMILES string of the molecule is CSc1ccc(CN(C)C(=O)C(C)C)cc1. The average molecular weight is 237 g/mol. The fourth-order valence-electron chi connectivity index (χ4n) is 1.52. The van der Waals surface area contributed by atoms with Gasteiger partial charge >= 0.3 is 0 Å². The molecule has 2 nitrogen and oxygen atoms in total. The van der Waals surface area contributed by atoms with E-state index in [1.807, 2.05) is 20.9 Å². The van der Waals surface area contributed by atoms with Crippen LogP contribution in [0, 0.1) is 5.92 Å². The summed E-state index contributed by atoms with van der Waals surface area (Å²) in [7, 11) is 1.85. The molecule has 0 bridgehead atoms. The van der Waals surface area contributed by atoms with Crippen molar-refractivity contribution in [2.45, 2.75) is 25.3 Å². The summed E-state index contributed by atoms with van der Waals surface area (Å²) in [6.45, 7) is 4.54. The van der Waals surface area contributed by atoms with Crippen molar-refractivity contribution in [3.05, 3.63) is 29.8 Å². The molecule has 1 amide bonds. The number of hydrogen-bond acceptors (Lipinski definition) is 2. The largest absolute Gasteiger partial charge is 0.341 e. The maximum absolute atomic E-state index is 11.7. The summed E-state index contributed by atoms with van der Waals surface area (Å²) >= 11 is 1.73. The first-order valence-corrected chi connectivity index (χ1v) is 6.65. The summed E-state index contributed by atoms with van der Waals surface area (Å²) < 4.78 is 0. The van der Waals surface area contributed by atoms with Gasteiger partial charge in [-0.2, -0.15) is 0 Å². The molecule has 0 aliphatic heterocycles. The minimum atomic E-state index is 0.0653. The number of carbonyl (C=O) groups is 1. The van der Waals surface area contributed by atoms with Crippen LogP contribution < -0.4 is 0 Å². The minimum Gasteiger partial charge on any atom is -0.341 e. The van der Waals surface area contributed by atoms with Crippen LogP contribution in [0.3, 0.4) is 0 Å². The van der Waals surface area contributed by atoms with Crippen molar-refractivity contribution in [1.82, 2.24) is 4.90 Å². The zero-order valence-electron chi connectivity index (χ0n) is 10.4. The Bertz CT molecular complexity index is 345. The lowest BCUT2D eigenvalue weighted by molar-refractivity contribution is -0.133. The van der Waals surface area contributed by atoms with Gasteiger partial charge in [-0.15, -0.1) is 11.8 Å². The highest BCUT2D eigenvalue weighted by Crippen LogP contribution is 2.16. The molecule has 16 heavy (non-hydrogen) atoms. The van der Waals surface area contributed by atoms with E-state index in [2.05, 4.69) is 30.5 Å². The Labute approximate surface area is 102 Å². The number of thioether (sulfide) groups is 1. The highest BCUT2D eigenvalue weighted by molar-refractivity contribution is 7.98. The van der Waals surface area contributed by atoms with Gasteiger partial charge in [0.2, 0.25) is 5.91 Å². The lowest BCUT2D eigenvalue weighted by Crippen LogP contribution is -2.29. The van der Waals surface area contributed by atoms with Crippen molar-refractivity contribution in [2.24, 2.45) is 5.92 Å². The maximum Gasteiger partial charge on any atom is 0.225 e. The second-order valence-corrected chi connectivity index (χ2v) is 5.08. The van der Waals surface area contributed by atoms with E-state index in [0.717, 1.165) is 0 Å². The molecule has 0 aliphatic rings. The van der Waals surface area contributed by atoms with Gasteiger partial charge in [0.05, 0.1) is 0 Å². The second-order valence-electron chi connectivity index (χ2n) is 4.20. The molecule has 1 aromatic rings. The first kappa shape index (κ1) is 13.1. The van der Waals surface area contributed by atoms with Gasteiger partial charge in [0.25, 0.3) is 0 Å². The molecule has 0 heterocycles. The molecule has 88 valence electrons. The van der Waals surface area contributed by atoms with Crippen molar-refractivity contribution < 1.29 is 4.79 Å². The van der Waals surface area contributed by atoms with Gasteiger partial charge in [-0.25, -0.2) is 0 Å². The highest BCUT2D eigenvalue weighted by atomic mass is 32.2. The minimum absolute atomic E-state index is 0.0653. The van der Waals surface area contributed by atoms with Gasteiger partial charge in [-0.1, -0.05) is 26.0 Å². The van der Waals surface area contributed by atoms with Gasteiger partial charge in [0.15, 0.2) is 0 Å². The lowest BCUT2D eigenvalue weighted by atomic mass is 10.1. The van der Waals surface area contributed by atoms with E-state index in [0.29, 0.717) is 6.54 Å². The van der Waals surface area contributed by atoms with Gasteiger partial charge < -0.3 is 4.90 Å². The number of nitrogens with zero attached hydrogens (tertiary/aromatic N) is 1. The predicted molar refractivity (Wildman–Crippen MR) is 69.5 cm³/mol. The highest BCUT2D eigenvalue weighted by Gasteiger charge is 2.12. The molecule has 0 aliphatic carbocycles. The summed E-state index contributed by atoms with van der Waals surface area (Å²) in [5.74, 6) is 0.254. The van der Waals surface area contributed by atoms with Crippen molar-refractivity contribution in [2.75, 3.05) is 13.3 Å². The van der Waals surface area contributed by atoms with Crippen LogP contribution in [-0.2, 0) is 11.3 Å². The van der Waals surface area contributed by atoms with Gasteiger partial charge in [-0.05, 0) is 24.0 Å². The van der Waals surface area contributed by atoms with Crippen molar-refractivity contribution in [1.29, 1.82) is 0 Å². The van der Waals surface area contributed by atoms with Crippen LogP contribution in [-0.4, -0.2) is 24.1 Å². The Morgan fingerprint density at radius 2 is 1.88 bits per heavy atom. The van der Waals surface area contributed by atoms with Crippen molar-refractivity contribution in [3.8, 4) is 0 Å². The van der Waals surface area contributed by atoms with Crippen LogP contribution in [0.1, 0.15) is 19.4 Å². The lowest BCUT2D eigenvalue weighted by Gasteiger charge is -2.19. The molecule has 0 radical (unpaired) electrons. The summed E-state index contributed by atoms with van der Waals surface area (Å²) in [5.41, 5.74) is 1.18. The van der Waals surface area contributed by atoms with E-state index in [1.54, 1.807) is 16.7 Å². The maximum atomic E-state index is 11.7. The standard InChI is InChI=1S/C13H19NOS/c1-10(2)13(15)14(3)9-11-5-7-12(16-4)8-6-11/h5-8,10H,9H2,1-4H3. The third-order valence-electron chi connectivity index (χ3n) is 2.45. The molecule has 0 aromatic heterocycles. The van der Waals surface area contributed by atoms with Crippen LogP contribution >= 0.6 is 11.8 Å². The number of carbonyl (C=O) groups excluding carboxylic acids is 1. The molecule has 0 N–H and O–H groups in total. The zero-order valence-corrected chi connectivity index (χ0v) is 11.2. The third kappa shape index (κ3) is 3.56. The van der Waals surface area contributed by atoms with Crippen LogP contribution in [0.15, 0.2) is 29.2 Å². The molecule has 3 heteroatoms. The smallest absolute Gasteiger partial charge is 0.225 e. The Kier molecular flexibility index (Phi) is 4.87.